The summed E-state index contributed by atoms with van der Waals surface area (Å²) in [5.41, 5.74) is -0.680. The molecule has 5 heteroatoms. The van der Waals surface area contributed by atoms with Gasteiger partial charge in [-0.25, -0.2) is 0 Å². The second-order valence-electron chi connectivity index (χ2n) is 5.42. The molecule has 0 aliphatic carbocycles. The van der Waals surface area contributed by atoms with E-state index in [2.05, 4.69) is 0 Å². The maximum Gasteiger partial charge on any atom is 0.338 e. The monoisotopic (exact) mass is 250 g/mol. The van der Waals surface area contributed by atoms with Crippen LogP contribution in [0.2, 0.25) is 0 Å². The molecule has 0 heterocycles. The van der Waals surface area contributed by atoms with Gasteiger partial charge < -0.3 is 9.79 Å². The summed E-state index contributed by atoms with van der Waals surface area (Å²) >= 11 is 0. The van der Waals surface area contributed by atoms with E-state index in [0.29, 0.717) is 6.42 Å². The van der Waals surface area contributed by atoms with Crippen molar-refractivity contribution in [2.75, 3.05) is 0 Å². The first kappa shape index (κ1) is 15.8. The Morgan fingerprint density at radius 3 is 1.94 bits per heavy atom. The Morgan fingerprint density at radius 1 is 1.19 bits per heavy atom. The van der Waals surface area contributed by atoms with Crippen LogP contribution in [0.15, 0.2) is 0 Å². The molecule has 0 atom stereocenters. The van der Waals surface area contributed by atoms with Gasteiger partial charge in [-0.05, 0) is 20.3 Å². The van der Waals surface area contributed by atoms with Crippen LogP contribution in [0.3, 0.4) is 0 Å². The predicted octanol–water partition coefficient (Wildman–Crippen LogP) is 2.73. The summed E-state index contributed by atoms with van der Waals surface area (Å²) in [5, 5.41) is -1.59. The zero-order chi connectivity index (χ0) is 13.2. The van der Waals surface area contributed by atoms with Gasteiger partial charge in [-0.1, -0.05) is 33.6 Å². The molecule has 0 aromatic heterocycles. The Kier molecular flexibility index (Phi) is 4.93. The number of hydrogen-bond acceptors (Lipinski definition) is 2. The normalized spacial score (nSPS) is 13.9. The molecule has 0 fully saturated rings. The molecule has 96 valence electrons. The average molecular weight is 250 g/mol. The topological polar surface area (TPSA) is 74.6 Å². The largest absolute Gasteiger partial charge is 0.338 e. The maximum absolute atomic E-state index is 12.1. The van der Waals surface area contributed by atoms with E-state index in [-0.39, 0.29) is 5.78 Å². The van der Waals surface area contributed by atoms with Gasteiger partial charge in [0.25, 0.3) is 0 Å². The van der Waals surface area contributed by atoms with Crippen LogP contribution in [-0.4, -0.2) is 20.7 Å². The van der Waals surface area contributed by atoms with Gasteiger partial charge >= 0.3 is 7.60 Å². The van der Waals surface area contributed by atoms with Crippen LogP contribution >= 0.6 is 7.60 Å². The van der Waals surface area contributed by atoms with Crippen molar-refractivity contribution in [1.82, 2.24) is 0 Å². The van der Waals surface area contributed by atoms with Crippen molar-refractivity contribution in [1.29, 1.82) is 0 Å². The quantitative estimate of drug-likeness (QED) is 0.711. The standard InChI is InChI=1S/C11H23O4P/c1-6-7-8-10(2,3)9(12)11(4,5)16(13,14)15/h6-8H2,1-5H3,(H2,13,14,15). The number of ketones is 1. The lowest BCUT2D eigenvalue weighted by Gasteiger charge is -2.33. The van der Waals surface area contributed by atoms with E-state index in [4.69, 9.17) is 0 Å². The lowest BCUT2D eigenvalue weighted by Crippen LogP contribution is -2.41. The molecule has 16 heavy (non-hydrogen) atoms. The van der Waals surface area contributed by atoms with E-state index in [1.165, 1.54) is 13.8 Å². The van der Waals surface area contributed by atoms with Crippen LogP contribution in [0.4, 0.5) is 0 Å². The molecule has 0 spiro atoms. The minimum absolute atomic E-state index is 0.359. The van der Waals surface area contributed by atoms with E-state index in [0.717, 1.165) is 12.8 Å². The maximum atomic E-state index is 12.1. The molecule has 0 amide bonds. The van der Waals surface area contributed by atoms with Crippen LogP contribution in [0.25, 0.3) is 0 Å². The molecule has 0 rings (SSSR count). The molecule has 4 nitrogen and oxygen atoms in total. The molecule has 0 unspecified atom stereocenters. The summed E-state index contributed by atoms with van der Waals surface area (Å²) in [5.74, 6) is -0.359. The third-order valence-electron chi connectivity index (χ3n) is 3.05. The van der Waals surface area contributed by atoms with Crippen molar-refractivity contribution in [3.63, 3.8) is 0 Å². The van der Waals surface area contributed by atoms with E-state index >= 15 is 0 Å². The Balaban J connectivity index is 4.99. The molecule has 0 bridgehead atoms. The molecule has 0 aliphatic heterocycles. The number of rotatable bonds is 6. The van der Waals surface area contributed by atoms with Crippen molar-refractivity contribution in [2.24, 2.45) is 5.41 Å². The molecule has 0 aromatic rings. The highest BCUT2D eigenvalue weighted by atomic mass is 31.2. The molecular formula is C11H23O4P. The van der Waals surface area contributed by atoms with Crippen LogP contribution in [0.5, 0.6) is 0 Å². The fourth-order valence-electron chi connectivity index (χ4n) is 1.69. The van der Waals surface area contributed by atoms with Crippen LogP contribution in [0.1, 0.15) is 53.9 Å². The van der Waals surface area contributed by atoms with E-state index < -0.39 is 18.2 Å². The second-order valence-corrected chi connectivity index (χ2v) is 7.63. The molecule has 0 saturated carbocycles. The molecular weight excluding hydrogens is 227 g/mol. The van der Waals surface area contributed by atoms with Gasteiger partial charge in [0, 0.05) is 5.41 Å². The first-order valence-corrected chi connectivity index (χ1v) is 7.18. The summed E-state index contributed by atoms with van der Waals surface area (Å²) in [7, 11) is -4.40. The Hall–Kier alpha value is -0.180. The predicted molar refractivity (Wildman–Crippen MR) is 64.4 cm³/mol. The zero-order valence-electron chi connectivity index (χ0n) is 10.8. The number of hydrogen-bond donors (Lipinski definition) is 2. The first-order valence-electron chi connectivity index (χ1n) is 5.57. The Bertz CT molecular complexity index is 301. The van der Waals surface area contributed by atoms with Gasteiger partial charge in [0.2, 0.25) is 0 Å². The Labute approximate surface area is 97.6 Å². The van der Waals surface area contributed by atoms with E-state index in [9.17, 15) is 19.1 Å². The lowest BCUT2D eigenvalue weighted by molar-refractivity contribution is -0.129. The summed E-state index contributed by atoms with van der Waals surface area (Å²) in [6, 6.07) is 0. The number of carbonyl (C=O) groups excluding carboxylic acids is 1. The lowest BCUT2D eigenvalue weighted by atomic mass is 9.78. The summed E-state index contributed by atoms with van der Waals surface area (Å²) in [6.45, 7) is 8.17. The van der Waals surface area contributed by atoms with E-state index in [1.807, 2.05) is 6.92 Å². The summed E-state index contributed by atoms with van der Waals surface area (Å²) in [4.78, 5) is 30.5. The smallest absolute Gasteiger partial charge is 0.324 e. The molecule has 2 N–H and O–H groups in total. The molecule has 0 aromatic carbocycles. The summed E-state index contributed by atoms with van der Waals surface area (Å²) in [6.07, 6.45) is 2.51. The van der Waals surface area contributed by atoms with Crippen molar-refractivity contribution in [3.8, 4) is 0 Å². The highest BCUT2D eigenvalue weighted by Crippen LogP contribution is 2.53. The number of Topliss-reactive ketones (excluding diaryl/α,β-unsaturated/α-hetero) is 1. The first-order chi connectivity index (χ1) is 6.97. The van der Waals surface area contributed by atoms with Gasteiger partial charge in [0.15, 0.2) is 5.78 Å². The van der Waals surface area contributed by atoms with Crippen molar-refractivity contribution < 1.29 is 19.1 Å². The van der Waals surface area contributed by atoms with Crippen molar-refractivity contribution in [2.45, 2.75) is 59.0 Å². The average Bonchev–Trinajstić information content (AvgIpc) is 2.11. The fraction of sp³-hybridized carbons (Fsp3) is 0.909. The van der Waals surface area contributed by atoms with Crippen LogP contribution < -0.4 is 0 Å². The van der Waals surface area contributed by atoms with Gasteiger partial charge in [-0.15, -0.1) is 0 Å². The highest BCUT2D eigenvalue weighted by Gasteiger charge is 2.49. The Morgan fingerprint density at radius 2 is 1.62 bits per heavy atom. The number of carbonyl (C=O) groups is 1. The molecule has 0 radical (unpaired) electrons. The zero-order valence-corrected chi connectivity index (χ0v) is 11.7. The third-order valence-corrected chi connectivity index (χ3v) is 4.71. The SMILES string of the molecule is CCCCC(C)(C)C(=O)C(C)(C)P(=O)(O)O. The van der Waals surface area contributed by atoms with Gasteiger partial charge in [-0.3, -0.25) is 9.36 Å². The van der Waals surface area contributed by atoms with Gasteiger partial charge in [0.05, 0.1) is 0 Å². The van der Waals surface area contributed by atoms with Crippen molar-refractivity contribution in [3.05, 3.63) is 0 Å². The van der Waals surface area contributed by atoms with Crippen LogP contribution in [0, 0.1) is 5.41 Å². The van der Waals surface area contributed by atoms with E-state index in [1.54, 1.807) is 13.8 Å². The fourth-order valence-corrected chi connectivity index (χ4v) is 2.26. The third kappa shape index (κ3) is 3.41. The minimum Gasteiger partial charge on any atom is -0.324 e. The van der Waals surface area contributed by atoms with Crippen LogP contribution in [-0.2, 0) is 9.36 Å². The summed E-state index contributed by atoms with van der Waals surface area (Å²) < 4.78 is 11.3. The molecule has 0 saturated heterocycles. The highest BCUT2D eigenvalue weighted by molar-refractivity contribution is 7.54. The molecule has 0 aliphatic rings. The number of unbranched alkanes of at least 4 members (excludes halogenated alkanes) is 1. The van der Waals surface area contributed by atoms with Gasteiger partial charge in [-0.2, -0.15) is 0 Å². The van der Waals surface area contributed by atoms with Gasteiger partial charge in [0.1, 0.15) is 5.16 Å². The minimum atomic E-state index is -4.40. The van der Waals surface area contributed by atoms with Crippen molar-refractivity contribution >= 4 is 13.4 Å². The second kappa shape index (κ2) is 4.99.